The second kappa shape index (κ2) is 6.17. The average molecular weight is 305 g/mol. The molecular weight excluding hydrogens is 286 g/mol. The van der Waals surface area contributed by atoms with Crippen LogP contribution in [0.3, 0.4) is 0 Å². The maximum Gasteiger partial charge on any atom is 0.191 e. The van der Waals surface area contributed by atoms with Gasteiger partial charge in [-0.1, -0.05) is 41.6 Å². The number of hydrogen-bond donors (Lipinski definition) is 2. The number of hydrogen-bond acceptors (Lipinski definition) is 5. The van der Waals surface area contributed by atoms with E-state index in [9.17, 15) is 10.2 Å². The molecule has 0 saturated heterocycles. The molecule has 1 aliphatic rings. The highest BCUT2D eigenvalue weighted by Gasteiger charge is 2.29. The van der Waals surface area contributed by atoms with E-state index in [4.69, 9.17) is 0 Å². The van der Waals surface area contributed by atoms with Gasteiger partial charge in [-0.3, -0.25) is 0 Å². The zero-order chi connectivity index (χ0) is 14.8. The molecule has 0 amide bonds. The lowest BCUT2D eigenvalue weighted by Crippen LogP contribution is -2.05. The first kappa shape index (κ1) is 14.6. The molecule has 0 spiro atoms. The standard InChI is InChI=1S/C15H19N3O2S/c1-10-2-4-11(5-3-10)13(20)9-21-15-17-16-14(8-19)18(15)12-6-7-12/h2-5,12-13,19-20H,6-9H2,1H3. The van der Waals surface area contributed by atoms with Gasteiger partial charge in [-0.15, -0.1) is 10.2 Å². The molecule has 3 rings (SSSR count). The van der Waals surface area contributed by atoms with Crippen LogP contribution in [0.15, 0.2) is 29.4 Å². The zero-order valence-corrected chi connectivity index (χ0v) is 12.8. The highest BCUT2D eigenvalue weighted by molar-refractivity contribution is 7.99. The summed E-state index contributed by atoms with van der Waals surface area (Å²) in [7, 11) is 0. The Balaban J connectivity index is 1.67. The molecule has 1 atom stereocenters. The number of rotatable bonds is 6. The first-order valence-corrected chi connectivity index (χ1v) is 8.09. The maximum atomic E-state index is 10.3. The summed E-state index contributed by atoms with van der Waals surface area (Å²) in [6, 6.07) is 8.32. The SMILES string of the molecule is Cc1ccc(C(O)CSc2nnc(CO)n2C2CC2)cc1. The van der Waals surface area contributed by atoms with Gasteiger partial charge in [-0.2, -0.15) is 0 Å². The molecule has 6 heteroatoms. The first-order valence-electron chi connectivity index (χ1n) is 7.11. The van der Waals surface area contributed by atoms with Crippen LogP contribution in [-0.4, -0.2) is 30.7 Å². The fourth-order valence-electron chi connectivity index (χ4n) is 2.25. The summed E-state index contributed by atoms with van der Waals surface area (Å²) < 4.78 is 2.01. The number of aliphatic hydroxyl groups excluding tert-OH is 2. The molecule has 1 saturated carbocycles. The third kappa shape index (κ3) is 3.28. The third-order valence-corrected chi connectivity index (χ3v) is 4.64. The summed E-state index contributed by atoms with van der Waals surface area (Å²) in [5.74, 6) is 1.14. The van der Waals surface area contributed by atoms with Gasteiger partial charge in [0, 0.05) is 11.8 Å². The van der Waals surface area contributed by atoms with Gasteiger partial charge in [0.15, 0.2) is 11.0 Å². The number of nitrogens with zero attached hydrogens (tertiary/aromatic N) is 3. The van der Waals surface area contributed by atoms with Crippen LogP contribution in [0.2, 0.25) is 0 Å². The normalized spacial score (nSPS) is 16.1. The van der Waals surface area contributed by atoms with Gasteiger partial charge in [0.2, 0.25) is 0 Å². The van der Waals surface area contributed by atoms with Crippen LogP contribution in [0, 0.1) is 6.92 Å². The van der Waals surface area contributed by atoms with Gasteiger partial charge in [-0.05, 0) is 25.3 Å². The Morgan fingerprint density at radius 3 is 2.62 bits per heavy atom. The van der Waals surface area contributed by atoms with Gasteiger partial charge in [0.1, 0.15) is 6.61 Å². The Morgan fingerprint density at radius 2 is 2.00 bits per heavy atom. The van der Waals surface area contributed by atoms with Crippen LogP contribution in [0.4, 0.5) is 0 Å². The van der Waals surface area contributed by atoms with Crippen molar-refractivity contribution in [2.75, 3.05) is 5.75 Å². The summed E-state index contributed by atoms with van der Waals surface area (Å²) in [5, 5.41) is 28.5. The Bertz CT molecular complexity index is 608. The summed E-state index contributed by atoms with van der Waals surface area (Å²) in [5.41, 5.74) is 2.09. The second-order valence-electron chi connectivity index (χ2n) is 5.40. The highest BCUT2D eigenvalue weighted by atomic mass is 32.2. The van der Waals surface area contributed by atoms with Crippen molar-refractivity contribution in [2.45, 2.75) is 43.7 Å². The van der Waals surface area contributed by atoms with Gasteiger partial charge >= 0.3 is 0 Å². The fourth-order valence-corrected chi connectivity index (χ4v) is 3.24. The van der Waals surface area contributed by atoms with Crippen molar-refractivity contribution in [1.82, 2.24) is 14.8 Å². The average Bonchev–Trinajstić information content (AvgIpc) is 3.25. The predicted molar refractivity (Wildman–Crippen MR) is 81.1 cm³/mol. The van der Waals surface area contributed by atoms with E-state index in [0.29, 0.717) is 17.6 Å². The monoisotopic (exact) mass is 305 g/mol. The summed E-state index contributed by atoms with van der Waals surface area (Å²) in [6.45, 7) is 1.93. The van der Waals surface area contributed by atoms with Crippen molar-refractivity contribution in [2.24, 2.45) is 0 Å². The lowest BCUT2D eigenvalue weighted by atomic mass is 10.1. The van der Waals surface area contributed by atoms with E-state index in [2.05, 4.69) is 10.2 Å². The van der Waals surface area contributed by atoms with Crippen LogP contribution in [0.1, 0.15) is 41.9 Å². The molecule has 2 N–H and O–H groups in total. The number of aliphatic hydroxyl groups is 2. The Morgan fingerprint density at radius 1 is 1.29 bits per heavy atom. The van der Waals surface area contributed by atoms with E-state index >= 15 is 0 Å². The van der Waals surface area contributed by atoms with Crippen molar-refractivity contribution < 1.29 is 10.2 Å². The molecule has 1 fully saturated rings. The molecule has 1 aliphatic carbocycles. The Labute approximate surface area is 128 Å². The minimum atomic E-state index is -0.530. The molecule has 1 aromatic carbocycles. The third-order valence-electron chi connectivity index (χ3n) is 3.62. The molecule has 112 valence electrons. The summed E-state index contributed by atoms with van der Waals surface area (Å²) in [4.78, 5) is 0. The van der Waals surface area contributed by atoms with Crippen LogP contribution in [0.5, 0.6) is 0 Å². The molecule has 2 aromatic rings. The van der Waals surface area contributed by atoms with Crippen molar-refractivity contribution >= 4 is 11.8 Å². The summed E-state index contributed by atoms with van der Waals surface area (Å²) in [6.07, 6.45) is 1.69. The highest BCUT2D eigenvalue weighted by Crippen LogP contribution is 2.39. The molecule has 0 radical (unpaired) electrons. The lowest BCUT2D eigenvalue weighted by molar-refractivity contribution is 0.204. The van der Waals surface area contributed by atoms with E-state index in [1.807, 2.05) is 35.8 Å². The predicted octanol–water partition coefficient (Wildman–Crippen LogP) is 2.24. The van der Waals surface area contributed by atoms with Crippen molar-refractivity contribution in [3.05, 3.63) is 41.2 Å². The number of aryl methyl sites for hydroxylation is 1. The minimum Gasteiger partial charge on any atom is -0.388 e. The van der Waals surface area contributed by atoms with Crippen LogP contribution < -0.4 is 0 Å². The van der Waals surface area contributed by atoms with Gasteiger partial charge in [0.25, 0.3) is 0 Å². The van der Waals surface area contributed by atoms with Crippen LogP contribution in [0.25, 0.3) is 0 Å². The maximum absolute atomic E-state index is 10.3. The van der Waals surface area contributed by atoms with E-state index in [0.717, 1.165) is 23.6 Å². The Hall–Kier alpha value is -1.37. The van der Waals surface area contributed by atoms with Crippen LogP contribution >= 0.6 is 11.8 Å². The van der Waals surface area contributed by atoms with E-state index in [-0.39, 0.29) is 6.61 Å². The molecule has 1 aromatic heterocycles. The minimum absolute atomic E-state index is 0.0927. The molecule has 1 heterocycles. The number of benzene rings is 1. The van der Waals surface area contributed by atoms with E-state index < -0.39 is 6.10 Å². The van der Waals surface area contributed by atoms with Crippen molar-refractivity contribution in [1.29, 1.82) is 0 Å². The van der Waals surface area contributed by atoms with E-state index in [1.165, 1.54) is 17.3 Å². The lowest BCUT2D eigenvalue weighted by Gasteiger charge is -2.12. The quantitative estimate of drug-likeness (QED) is 0.801. The largest absolute Gasteiger partial charge is 0.388 e. The number of thioether (sulfide) groups is 1. The van der Waals surface area contributed by atoms with Crippen LogP contribution in [-0.2, 0) is 6.61 Å². The molecule has 21 heavy (non-hydrogen) atoms. The first-order chi connectivity index (χ1) is 10.2. The van der Waals surface area contributed by atoms with Gasteiger partial charge in [-0.25, -0.2) is 0 Å². The number of aromatic nitrogens is 3. The molecule has 0 aliphatic heterocycles. The second-order valence-corrected chi connectivity index (χ2v) is 6.38. The molecular formula is C15H19N3O2S. The summed E-state index contributed by atoms with van der Waals surface area (Å²) >= 11 is 1.49. The smallest absolute Gasteiger partial charge is 0.191 e. The van der Waals surface area contributed by atoms with Crippen molar-refractivity contribution in [3.63, 3.8) is 0 Å². The van der Waals surface area contributed by atoms with Gasteiger partial charge in [0.05, 0.1) is 6.10 Å². The topological polar surface area (TPSA) is 71.2 Å². The zero-order valence-electron chi connectivity index (χ0n) is 11.9. The van der Waals surface area contributed by atoms with Crippen molar-refractivity contribution in [3.8, 4) is 0 Å². The molecule has 5 nitrogen and oxygen atoms in total. The Kier molecular flexibility index (Phi) is 4.28. The molecule has 0 bridgehead atoms. The van der Waals surface area contributed by atoms with E-state index in [1.54, 1.807) is 0 Å². The molecule has 1 unspecified atom stereocenters. The fraction of sp³-hybridized carbons (Fsp3) is 0.467. The van der Waals surface area contributed by atoms with Gasteiger partial charge < -0.3 is 14.8 Å².